The normalized spacial score (nSPS) is 42.0. The van der Waals surface area contributed by atoms with Gasteiger partial charge in [-0.1, -0.05) is 19.3 Å². The lowest BCUT2D eigenvalue weighted by Crippen LogP contribution is -2.51. The van der Waals surface area contributed by atoms with Gasteiger partial charge in [-0.25, -0.2) is 0 Å². The first-order valence-electron chi connectivity index (χ1n) is 8.25. The maximum atomic E-state index is 6.19. The molecule has 0 aromatic heterocycles. The number of fused-ring (bicyclic) bond motifs is 2. The molecule has 0 aromatic rings. The Balaban J connectivity index is 1.55. The average Bonchev–Trinajstić information content (AvgIpc) is 2.75. The number of hydrogen-bond donors (Lipinski definition) is 0. The first-order valence-corrected chi connectivity index (χ1v) is 8.25. The second-order valence-electron chi connectivity index (χ2n) is 6.62. The zero-order valence-corrected chi connectivity index (χ0v) is 12.9. The zero-order chi connectivity index (χ0) is 14.1. The van der Waals surface area contributed by atoms with Crippen molar-refractivity contribution in [2.75, 3.05) is 19.8 Å². The summed E-state index contributed by atoms with van der Waals surface area (Å²) in [6.45, 7) is 6.05. The topological polar surface area (TPSA) is 36.9 Å². The summed E-state index contributed by atoms with van der Waals surface area (Å²) in [5.41, 5.74) is 0. The minimum absolute atomic E-state index is 0.0291. The third-order valence-corrected chi connectivity index (χ3v) is 5.01. The van der Waals surface area contributed by atoms with Crippen LogP contribution < -0.4 is 0 Å². The molecule has 2 aliphatic heterocycles. The van der Waals surface area contributed by atoms with E-state index < -0.39 is 11.6 Å². The van der Waals surface area contributed by atoms with Gasteiger partial charge in [-0.05, 0) is 39.0 Å². The lowest BCUT2D eigenvalue weighted by atomic mass is 9.90. The van der Waals surface area contributed by atoms with Crippen LogP contribution in [0.5, 0.6) is 0 Å². The second kappa shape index (κ2) is 5.91. The van der Waals surface area contributed by atoms with E-state index in [0.717, 1.165) is 19.4 Å². The van der Waals surface area contributed by atoms with Gasteiger partial charge in [-0.15, -0.1) is 0 Å². The smallest absolute Gasteiger partial charge is 0.195 e. The summed E-state index contributed by atoms with van der Waals surface area (Å²) in [7, 11) is 0. The molecule has 0 aromatic carbocycles. The summed E-state index contributed by atoms with van der Waals surface area (Å²) in [5.74, 6) is -0.432. The van der Waals surface area contributed by atoms with E-state index in [0.29, 0.717) is 19.1 Å². The summed E-state index contributed by atoms with van der Waals surface area (Å²) >= 11 is 0. The molecule has 0 spiro atoms. The molecule has 2 heterocycles. The van der Waals surface area contributed by atoms with Crippen molar-refractivity contribution in [2.45, 2.75) is 76.5 Å². The highest BCUT2D eigenvalue weighted by Gasteiger charge is 2.57. The average molecular weight is 284 g/mol. The van der Waals surface area contributed by atoms with Crippen LogP contribution >= 0.6 is 0 Å². The highest BCUT2D eigenvalue weighted by atomic mass is 16.8. The fraction of sp³-hybridized carbons (Fsp3) is 1.00. The van der Waals surface area contributed by atoms with Gasteiger partial charge >= 0.3 is 0 Å². The molecule has 3 fully saturated rings. The number of rotatable bonds is 5. The summed E-state index contributed by atoms with van der Waals surface area (Å²) in [6, 6.07) is 0. The van der Waals surface area contributed by atoms with Crippen molar-refractivity contribution in [1.29, 1.82) is 0 Å². The van der Waals surface area contributed by atoms with Crippen molar-refractivity contribution >= 4 is 0 Å². The molecule has 4 heteroatoms. The molecule has 2 saturated heterocycles. The van der Waals surface area contributed by atoms with Crippen LogP contribution in [0.1, 0.15) is 58.8 Å². The molecule has 0 N–H and O–H groups in total. The van der Waals surface area contributed by atoms with Gasteiger partial charge in [0, 0.05) is 13.0 Å². The Hall–Kier alpha value is -0.160. The summed E-state index contributed by atoms with van der Waals surface area (Å²) in [6.07, 6.45) is 8.54. The van der Waals surface area contributed by atoms with Gasteiger partial charge in [0.1, 0.15) is 12.7 Å². The van der Waals surface area contributed by atoms with E-state index >= 15 is 0 Å². The van der Waals surface area contributed by atoms with Gasteiger partial charge in [0.2, 0.25) is 0 Å². The van der Waals surface area contributed by atoms with Crippen LogP contribution in [0.4, 0.5) is 0 Å². The molecule has 0 amide bonds. The summed E-state index contributed by atoms with van der Waals surface area (Å²) in [5, 5.41) is 0. The van der Waals surface area contributed by atoms with Gasteiger partial charge in [0.25, 0.3) is 0 Å². The fourth-order valence-electron chi connectivity index (χ4n) is 3.78. The van der Waals surface area contributed by atoms with Crippen LogP contribution in [-0.4, -0.2) is 37.5 Å². The largest absolute Gasteiger partial charge is 0.373 e. The maximum Gasteiger partial charge on any atom is 0.195 e. The molecule has 4 nitrogen and oxygen atoms in total. The predicted molar refractivity (Wildman–Crippen MR) is 75.3 cm³/mol. The van der Waals surface area contributed by atoms with Gasteiger partial charge in [-0.3, -0.25) is 0 Å². The van der Waals surface area contributed by atoms with Crippen molar-refractivity contribution in [3.05, 3.63) is 0 Å². The molecule has 1 unspecified atom stereocenters. The van der Waals surface area contributed by atoms with Gasteiger partial charge in [0.05, 0.1) is 6.61 Å². The van der Waals surface area contributed by atoms with Crippen molar-refractivity contribution in [2.24, 2.45) is 5.92 Å². The monoisotopic (exact) mass is 284 g/mol. The van der Waals surface area contributed by atoms with Gasteiger partial charge in [0.15, 0.2) is 11.6 Å². The first kappa shape index (κ1) is 14.8. The predicted octanol–water partition coefficient (Wildman–Crippen LogP) is 3.24. The first-order chi connectivity index (χ1) is 9.66. The van der Waals surface area contributed by atoms with Crippen LogP contribution in [0.2, 0.25) is 0 Å². The van der Waals surface area contributed by atoms with E-state index in [4.69, 9.17) is 18.9 Å². The van der Waals surface area contributed by atoms with Crippen LogP contribution in [0.15, 0.2) is 0 Å². The molecule has 3 rings (SSSR count). The van der Waals surface area contributed by atoms with E-state index in [1.54, 1.807) is 0 Å². The van der Waals surface area contributed by atoms with Crippen LogP contribution in [-0.2, 0) is 18.9 Å². The molecule has 0 radical (unpaired) electrons. The zero-order valence-electron chi connectivity index (χ0n) is 12.9. The Morgan fingerprint density at radius 3 is 2.70 bits per heavy atom. The second-order valence-corrected chi connectivity index (χ2v) is 6.62. The number of ether oxygens (including phenoxy) is 4. The molecule has 116 valence electrons. The Labute approximate surface area is 122 Å². The van der Waals surface area contributed by atoms with Crippen molar-refractivity contribution in [1.82, 2.24) is 0 Å². The minimum atomic E-state index is -0.624. The molecule has 3 atom stereocenters. The van der Waals surface area contributed by atoms with Crippen molar-refractivity contribution < 1.29 is 18.9 Å². The van der Waals surface area contributed by atoms with E-state index in [1.165, 1.54) is 32.1 Å². The fourth-order valence-corrected chi connectivity index (χ4v) is 3.78. The number of hydrogen-bond acceptors (Lipinski definition) is 4. The van der Waals surface area contributed by atoms with Gasteiger partial charge < -0.3 is 18.9 Å². The van der Waals surface area contributed by atoms with Crippen molar-refractivity contribution in [3.8, 4) is 0 Å². The highest BCUT2D eigenvalue weighted by Crippen LogP contribution is 2.45. The third kappa shape index (κ3) is 2.89. The van der Waals surface area contributed by atoms with Crippen LogP contribution in [0.25, 0.3) is 0 Å². The summed E-state index contributed by atoms with van der Waals surface area (Å²) < 4.78 is 24.0. The molecule has 20 heavy (non-hydrogen) atoms. The van der Waals surface area contributed by atoms with Crippen molar-refractivity contribution in [3.63, 3.8) is 0 Å². The van der Waals surface area contributed by atoms with Crippen LogP contribution in [0, 0.1) is 5.92 Å². The van der Waals surface area contributed by atoms with E-state index in [9.17, 15) is 0 Å². The Bertz CT molecular complexity index is 328. The third-order valence-electron chi connectivity index (χ3n) is 5.01. The molecular formula is C16H28O4. The SMILES string of the molecule is CCO[C@@H]1CC[C@]2(OCC3CCCCC3)COC1(C)O2. The van der Waals surface area contributed by atoms with E-state index in [1.807, 2.05) is 13.8 Å². The Morgan fingerprint density at radius 1 is 1.15 bits per heavy atom. The van der Waals surface area contributed by atoms with Crippen LogP contribution in [0.3, 0.4) is 0 Å². The molecular weight excluding hydrogens is 256 g/mol. The molecule has 1 aliphatic carbocycles. The van der Waals surface area contributed by atoms with E-state index in [-0.39, 0.29) is 6.10 Å². The summed E-state index contributed by atoms with van der Waals surface area (Å²) in [4.78, 5) is 0. The highest BCUT2D eigenvalue weighted by molar-refractivity contribution is 4.94. The molecule has 2 bridgehead atoms. The minimum Gasteiger partial charge on any atom is -0.373 e. The van der Waals surface area contributed by atoms with Gasteiger partial charge in [-0.2, -0.15) is 0 Å². The quantitative estimate of drug-likeness (QED) is 0.776. The lowest BCUT2D eigenvalue weighted by molar-refractivity contribution is -0.321. The molecule has 1 saturated carbocycles. The lowest BCUT2D eigenvalue weighted by Gasteiger charge is -2.41. The molecule has 3 aliphatic rings. The van der Waals surface area contributed by atoms with E-state index in [2.05, 4.69) is 0 Å². The maximum absolute atomic E-state index is 6.19. The Morgan fingerprint density at radius 2 is 1.95 bits per heavy atom. The Kier molecular flexibility index (Phi) is 4.37. The standard InChI is InChI=1S/C16H28O4/c1-3-17-14-9-10-16(12-19-15(14,2)20-16)18-11-13-7-5-4-6-8-13/h13-14H,3-12H2,1-2H3/t14-,15?,16-/m1/s1.